The third kappa shape index (κ3) is 4.68. The maximum Gasteiger partial charge on any atom is 0.315 e. The highest BCUT2D eigenvalue weighted by atomic mass is 35.5. The highest BCUT2D eigenvalue weighted by Crippen LogP contribution is 2.33. The molecule has 1 aromatic rings. The van der Waals surface area contributed by atoms with Crippen LogP contribution >= 0.6 is 12.4 Å². The molecule has 6 nitrogen and oxygen atoms in total. The van der Waals surface area contributed by atoms with E-state index in [0.29, 0.717) is 38.4 Å². The number of halogens is 1. The minimum atomic E-state index is -0.746. The van der Waals surface area contributed by atoms with E-state index in [9.17, 15) is 9.59 Å². The minimum Gasteiger partial charge on any atom is -0.340 e. The summed E-state index contributed by atoms with van der Waals surface area (Å²) in [4.78, 5) is 27.4. The SMILES string of the molecule is Cl.NCC1CCN(C(=O)C2(NC(=O)NCc3ccccc3)CCCC2)C1. The Bertz CT molecular complexity index is 605. The highest BCUT2D eigenvalue weighted by Gasteiger charge is 2.46. The molecule has 0 bridgehead atoms. The molecular formula is C19H29ClN4O2. The maximum atomic E-state index is 13.1. The summed E-state index contributed by atoms with van der Waals surface area (Å²) in [7, 11) is 0. The van der Waals surface area contributed by atoms with Crippen molar-refractivity contribution in [2.24, 2.45) is 11.7 Å². The molecule has 1 atom stereocenters. The van der Waals surface area contributed by atoms with E-state index in [2.05, 4.69) is 10.6 Å². The normalized spacial score (nSPS) is 21.1. The Kier molecular flexibility index (Phi) is 7.29. The number of carbonyl (C=O) groups excluding carboxylic acids is 2. The number of rotatable bonds is 5. The number of nitrogens with one attached hydrogen (secondary N) is 2. The van der Waals surface area contributed by atoms with Crippen molar-refractivity contribution in [1.82, 2.24) is 15.5 Å². The van der Waals surface area contributed by atoms with Gasteiger partial charge in [0.1, 0.15) is 5.54 Å². The Hall–Kier alpha value is -1.79. The van der Waals surface area contributed by atoms with Gasteiger partial charge >= 0.3 is 6.03 Å². The lowest BCUT2D eigenvalue weighted by molar-refractivity contribution is -0.136. The molecule has 1 saturated heterocycles. The Morgan fingerprint density at radius 2 is 1.88 bits per heavy atom. The van der Waals surface area contributed by atoms with Gasteiger partial charge in [0.05, 0.1) is 0 Å². The molecule has 1 aliphatic heterocycles. The monoisotopic (exact) mass is 380 g/mol. The molecule has 0 spiro atoms. The zero-order valence-electron chi connectivity index (χ0n) is 15.1. The van der Waals surface area contributed by atoms with Crippen LogP contribution in [0.25, 0.3) is 0 Å². The number of nitrogens with zero attached hydrogens (tertiary/aromatic N) is 1. The van der Waals surface area contributed by atoms with Gasteiger partial charge in [-0.3, -0.25) is 4.79 Å². The van der Waals surface area contributed by atoms with Gasteiger partial charge < -0.3 is 21.3 Å². The van der Waals surface area contributed by atoms with Crippen LogP contribution in [0.15, 0.2) is 30.3 Å². The Balaban J connectivity index is 0.00000243. The molecule has 1 aliphatic carbocycles. The van der Waals surface area contributed by atoms with E-state index in [0.717, 1.165) is 31.4 Å². The summed E-state index contributed by atoms with van der Waals surface area (Å²) in [5.41, 5.74) is 6.03. The molecule has 0 aromatic heterocycles. The van der Waals surface area contributed by atoms with Gasteiger partial charge in [-0.05, 0) is 37.3 Å². The van der Waals surface area contributed by atoms with Crippen molar-refractivity contribution in [2.45, 2.75) is 44.2 Å². The molecule has 2 fully saturated rings. The van der Waals surface area contributed by atoms with Gasteiger partial charge in [0.15, 0.2) is 0 Å². The van der Waals surface area contributed by atoms with Crippen LogP contribution in [0, 0.1) is 5.92 Å². The van der Waals surface area contributed by atoms with Gasteiger partial charge in [0.2, 0.25) is 5.91 Å². The van der Waals surface area contributed by atoms with E-state index in [-0.39, 0.29) is 24.3 Å². The van der Waals surface area contributed by atoms with E-state index in [1.54, 1.807) is 0 Å². The fourth-order valence-corrected chi connectivity index (χ4v) is 3.92. The number of carbonyl (C=O) groups is 2. The fourth-order valence-electron chi connectivity index (χ4n) is 3.92. The summed E-state index contributed by atoms with van der Waals surface area (Å²) in [5, 5.41) is 5.87. The lowest BCUT2D eigenvalue weighted by atomic mass is 9.95. The maximum absolute atomic E-state index is 13.1. The van der Waals surface area contributed by atoms with Crippen molar-refractivity contribution in [1.29, 1.82) is 0 Å². The number of likely N-dealkylation sites (tertiary alicyclic amines) is 1. The summed E-state index contributed by atoms with van der Waals surface area (Å²) in [6.07, 6.45) is 4.33. The van der Waals surface area contributed by atoms with Gasteiger partial charge in [0, 0.05) is 19.6 Å². The average molecular weight is 381 g/mol. The largest absolute Gasteiger partial charge is 0.340 e. The molecule has 7 heteroatoms. The minimum absolute atomic E-state index is 0. The molecule has 3 rings (SSSR count). The first-order chi connectivity index (χ1) is 12.1. The number of amides is 3. The van der Waals surface area contributed by atoms with Crippen molar-refractivity contribution >= 4 is 24.3 Å². The van der Waals surface area contributed by atoms with E-state index in [1.165, 1.54) is 0 Å². The van der Waals surface area contributed by atoms with E-state index in [4.69, 9.17) is 5.73 Å². The molecule has 1 unspecified atom stereocenters. The van der Waals surface area contributed by atoms with Crippen LogP contribution < -0.4 is 16.4 Å². The van der Waals surface area contributed by atoms with Gasteiger partial charge in [-0.1, -0.05) is 43.2 Å². The number of benzene rings is 1. The Morgan fingerprint density at radius 3 is 2.50 bits per heavy atom. The predicted molar refractivity (Wildman–Crippen MR) is 104 cm³/mol. The molecule has 1 heterocycles. The van der Waals surface area contributed by atoms with Crippen molar-refractivity contribution in [3.05, 3.63) is 35.9 Å². The second-order valence-corrected chi connectivity index (χ2v) is 7.22. The third-order valence-corrected chi connectivity index (χ3v) is 5.42. The zero-order chi connectivity index (χ0) is 17.7. The fraction of sp³-hybridized carbons (Fsp3) is 0.579. The van der Waals surface area contributed by atoms with Crippen LogP contribution in [-0.2, 0) is 11.3 Å². The molecule has 1 aromatic carbocycles. The average Bonchev–Trinajstić information content (AvgIpc) is 3.30. The summed E-state index contributed by atoms with van der Waals surface area (Å²) >= 11 is 0. The number of hydrogen-bond donors (Lipinski definition) is 3. The van der Waals surface area contributed by atoms with Crippen molar-refractivity contribution in [3.8, 4) is 0 Å². The first kappa shape index (κ1) is 20.5. The molecule has 26 heavy (non-hydrogen) atoms. The van der Waals surface area contributed by atoms with Gasteiger partial charge in [-0.15, -0.1) is 12.4 Å². The lowest BCUT2D eigenvalue weighted by Crippen LogP contribution is -2.59. The Labute approximate surface area is 161 Å². The zero-order valence-corrected chi connectivity index (χ0v) is 15.9. The van der Waals surface area contributed by atoms with Crippen LogP contribution in [-0.4, -0.2) is 42.0 Å². The van der Waals surface area contributed by atoms with Gasteiger partial charge in [-0.2, -0.15) is 0 Å². The molecule has 1 saturated carbocycles. The van der Waals surface area contributed by atoms with Crippen molar-refractivity contribution < 1.29 is 9.59 Å². The highest BCUT2D eigenvalue weighted by molar-refractivity contribution is 5.91. The first-order valence-electron chi connectivity index (χ1n) is 9.22. The third-order valence-electron chi connectivity index (χ3n) is 5.42. The van der Waals surface area contributed by atoms with Gasteiger partial charge in [-0.25, -0.2) is 4.79 Å². The van der Waals surface area contributed by atoms with Crippen LogP contribution in [0.3, 0.4) is 0 Å². The molecular weight excluding hydrogens is 352 g/mol. The Morgan fingerprint density at radius 1 is 1.19 bits per heavy atom. The first-order valence-corrected chi connectivity index (χ1v) is 9.22. The number of nitrogens with two attached hydrogens (primary N) is 1. The van der Waals surface area contributed by atoms with Gasteiger partial charge in [0.25, 0.3) is 0 Å². The summed E-state index contributed by atoms with van der Waals surface area (Å²) in [6.45, 7) is 2.53. The van der Waals surface area contributed by atoms with Crippen molar-refractivity contribution in [2.75, 3.05) is 19.6 Å². The van der Waals surface area contributed by atoms with Crippen LogP contribution in [0.4, 0.5) is 4.79 Å². The molecule has 2 aliphatic rings. The molecule has 4 N–H and O–H groups in total. The molecule has 0 radical (unpaired) electrons. The quantitative estimate of drug-likeness (QED) is 0.730. The molecule has 3 amide bonds. The number of urea groups is 1. The van der Waals surface area contributed by atoms with Crippen LogP contribution in [0.5, 0.6) is 0 Å². The second kappa shape index (κ2) is 9.24. The summed E-state index contributed by atoms with van der Waals surface area (Å²) in [6, 6.07) is 9.49. The van der Waals surface area contributed by atoms with Crippen molar-refractivity contribution in [3.63, 3.8) is 0 Å². The predicted octanol–water partition coefficient (Wildman–Crippen LogP) is 2.03. The van der Waals surface area contributed by atoms with Crippen LogP contribution in [0.1, 0.15) is 37.7 Å². The topological polar surface area (TPSA) is 87.5 Å². The standard InChI is InChI=1S/C19H28N4O2.ClH/c20-12-16-8-11-23(14-16)17(24)19(9-4-5-10-19)22-18(25)21-13-15-6-2-1-3-7-15;/h1-3,6-7,16H,4-5,8-14,20H2,(H2,21,22,25);1H. The molecule has 144 valence electrons. The van der Waals surface area contributed by atoms with E-state index >= 15 is 0 Å². The smallest absolute Gasteiger partial charge is 0.315 e. The summed E-state index contributed by atoms with van der Waals surface area (Å²) in [5.74, 6) is 0.449. The summed E-state index contributed by atoms with van der Waals surface area (Å²) < 4.78 is 0. The second-order valence-electron chi connectivity index (χ2n) is 7.22. The number of hydrogen-bond acceptors (Lipinski definition) is 3. The lowest BCUT2D eigenvalue weighted by Gasteiger charge is -2.33. The van der Waals surface area contributed by atoms with E-state index in [1.807, 2.05) is 35.2 Å². The van der Waals surface area contributed by atoms with E-state index < -0.39 is 5.54 Å². The van der Waals surface area contributed by atoms with Crippen LogP contribution in [0.2, 0.25) is 0 Å².